The van der Waals surface area contributed by atoms with Crippen molar-refractivity contribution in [2.75, 3.05) is 19.6 Å². The van der Waals surface area contributed by atoms with E-state index in [1.165, 1.54) is 13.8 Å². The molecular weight excluding hydrogens is 213 g/mol. The van der Waals surface area contributed by atoms with Gasteiger partial charge in [0.1, 0.15) is 0 Å². The fraction of sp³-hybridized carbons (Fsp3) is 0.875. The number of hydrogen-bond donors (Lipinski definition) is 3. The molecule has 0 saturated carbocycles. The van der Waals surface area contributed by atoms with E-state index >= 15 is 0 Å². The quantitative estimate of drug-likeness (QED) is 0.622. The Kier molecular flexibility index (Phi) is 5.02. The zero-order valence-electron chi connectivity index (χ0n) is 8.61. The predicted molar refractivity (Wildman–Crippen MR) is 48.2 cm³/mol. The number of nitrogens with one attached hydrogen (secondary N) is 2. The van der Waals surface area contributed by atoms with Gasteiger partial charge >= 0.3 is 6.18 Å². The largest absolute Gasteiger partial charge is 0.401 e. The maximum absolute atomic E-state index is 11.6. The molecule has 0 aromatic rings. The van der Waals surface area contributed by atoms with Crippen molar-refractivity contribution in [3.05, 3.63) is 0 Å². The van der Waals surface area contributed by atoms with Gasteiger partial charge in [0.25, 0.3) is 0 Å². The van der Waals surface area contributed by atoms with Crippen LogP contribution < -0.4 is 10.6 Å². The van der Waals surface area contributed by atoms with Gasteiger partial charge in [-0.2, -0.15) is 13.2 Å². The average molecular weight is 228 g/mol. The summed E-state index contributed by atoms with van der Waals surface area (Å²) in [5.74, 6) is -0.582. The molecule has 0 aliphatic carbocycles. The SMILES string of the molecule is CC(C)(O)CNC(=O)CNCC(F)(F)F. The highest BCUT2D eigenvalue weighted by molar-refractivity contribution is 5.78. The molecule has 0 aliphatic rings. The number of alkyl halides is 3. The van der Waals surface area contributed by atoms with Gasteiger partial charge < -0.3 is 15.7 Å². The third-order valence-corrected chi connectivity index (χ3v) is 1.33. The van der Waals surface area contributed by atoms with E-state index in [0.29, 0.717) is 0 Å². The lowest BCUT2D eigenvalue weighted by atomic mass is 10.1. The molecule has 15 heavy (non-hydrogen) atoms. The van der Waals surface area contributed by atoms with E-state index in [-0.39, 0.29) is 6.54 Å². The smallest absolute Gasteiger partial charge is 0.389 e. The number of amides is 1. The van der Waals surface area contributed by atoms with Gasteiger partial charge in [-0.15, -0.1) is 0 Å². The first-order valence-electron chi connectivity index (χ1n) is 4.37. The number of rotatable bonds is 5. The van der Waals surface area contributed by atoms with Gasteiger partial charge in [0.05, 0.1) is 18.7 Å². The Hall–Kier alpha value is -0.820. The molecule has 0 aliphatic heterocycles. The molecule has 0 aromatic carbocycles. The molecule has 0 fully saturated rings. The first kappa shape index (κ1) is 14.2. The lowest BCUT2D eigenvalue weighted by Crippen LogP contribution is -2.43. The highest BCUT2D eigenvalue weighted by Gasteiger charge is 2.26. The van der Waals surface area contributed by atoms with Crippen LogP contribution >= 0.6 is 0 Å². The number of carbonyl (C=O) groups is 1. The maximum atomic E-state index is 11.6. The minimum Gasteiger partial charge on any atom is -0.389 e. The topological polar surface area (TPSA) is 61.4 Å². The summed E-state index contributed by atoms with van der Waals surface area (Å²) in [5, 5.41) is 13.4. The second-order valence-electron chi connectivity index (χ2n) is 3.81. The molecule has 0 atom stereocenters. The van der Waals surface area contributed by atoms with Crippen molar-refractivity contribution in [2.45, 2.75) is 25.6 Å². The van der Waals surface area contributed by atoms with Crippen molar-refractivity contribution >= 4 is 5.91 Å². The predicted octanol–water partition coefficient (Wildman–Crippen LogP) is 0.0254. The van der Waals surface area contributed by atoms with Gasteiger partial charge in [0, 0.05) is 6.54 Å². The third kappa shape index (κ3) is 11.1. The van der Waals surface area contributed by atoms with Crippen LogP contribution in [0.1, 0.15) is 13.8 Å². The van der Waals surface area contributed by atoms with Crippen molar-refractivity contribution in [3.8, 4) is 0 Å². The highest BCUT2D eigenvalue weighted by Crippen LogP contribution is 2.11. The summed E-state index contributed by atoms with van der Waals surface area (Å²) in [6, 6.07) is 0. The van der Waals surface area contributed by atoms with Gasteiger partial charge in [-0.1, -0.05) is 0 Å². The minimum atomic E-state index is -4.32. The lowest BCUT2D eigenvalue weighted by Gasteiger charge is -2.17. The van der Waals surface area contributed by atoms with Crippen molar-refractivity contribution in [2.24, 2.45) is 0 Å². The molecule has 0 rings (SSSR count). The molecule has 1 amide bonds. The molecule has 3 N–H and O–H groups in total. The van der Waals surface area contributed by atoms with Gasteiger partial charge in [0.15, 0.2) is 0 Å². The first-order valence-corrected chi connectivity index (χ1v) is 4.37. The second-order valence-corrected chi connectivity index (χ2v) is 3.81. The normalized spacial score (nSPS) is 12.7. The Morgan fingerprint density at radius 2 is 1.80 bits per heavy atom. The van der Waals surface area contributed by atoms with Crippen molar-refractivity contribution in [1.82, 2.24) is 10.6 Å². The Balaban J connectivity index is 3.60. The van der Waals surface area contributed by atoms with Crippen molar-refractivity contribution < 1.29 is 23.1 Å². The molecule has 0 aromatic heterocycles. The van der Waals surface area contributed by atoms with Crippen LogP contribution in [0.4, 0.5) is 13.2 Å². The summed E-state index contributed by atoms with van der Waals surface area (Å²) in [7, 11) is 0. The van der Waals surface area contributed by atoms with Gasteiger partial charge in [0.2, 0.25) is 5.91 Å². The molecule has 0 spiro atoms. The molecule has 4 nitrogen and oxygen atoms in total. The van der Waals surface area contributed by atoms with Crippen LogP contribution in [0.25, 0.3) is 0 Å². The Morgan fingerprint density at radius 1 is 1.27 bits per heavy atom. The molecule has 0 unspecified atom stereocenters. The minimum absolute atomic E-state index is 0.000465. The third-order valence-electron chi connectivity index (χ3n) is 1.33. The monoisotopic (exact) mass is 228 g/mol. The van der Waals surface area contributed by atoms with E-state index in [4.69, 9.17) is 0 Å². The van der Waals surface area contributed by atoms with E-state index in [1.54, 1.807) is 0 Å². The van der Waals surface area contributed by atoms with E-state index < -0.39 is 30.8 Å². The first-order chi connectivity index (χ1) is 6.60. The Morgan fingerprint density at radius 3 is 2.20 bits per heavy atom. The van der Waals surface area contributed by atoms with E-state index in [9.17, 15) is 23.1 Å². The van der Waals surface area contributed by atoms with Crippen LogP contribution in [-0.2, 0) is 4.79 Å². The van der Waals surface area contributed by atoms with Crippen LogP contribution in [0.5, 0.6) is 0 Å². The molecule has 7 heteroatoms. The summed E-state index contributed by atoms with van der Waals surface area (Å²) in [6.45, 7) is 1.34. The molecule has 0 bridgehead atoms. The summed E-state index contributed by atoms with van der Waals surface area (Å²) < 4.78 is 34.9. The zero-order chi connectivity index (χ0) is 12.1. The fourth-order valence-corrected chi connectivity index (χ4v) is 0.695. The van der Waals surface area contributed by atoms with Crippen LogP contribution in [0.2, 0.25) is 0 Å². The van der Waals surface area contributed by atoms with E-state index in [1.807, 2.05) is 5.32 Å². The number of halogens is 3. The van der Waals surface area contributed by atoms with Gasteiger partial charge in [-0.3, -0.25) is 4.79 Å². The van der Waals surface area contributed by atoms with Crippen LogP contribution in [0, 0.1) is 0 Å². The lowest BCUT2D eigenvalue weighted by molar-refractivity contribution is -0.128. The Labute approximate surface area is 85.8 Å². The second kappa shape index (κ2) is 5.32. The molecule has 90 valence electrons. The summed E-state index contributed by atoms with van der Waals surface area (Å²) in [4.78, 5) is 10.9. The fourth-order valence-electron chi connectivity index (χ4n) is 0.695. The average Bonchev–Trinajstić information content (AvgIpc) is 1.97. The van der Waals surface area contributed by atoms with Crippen LogP contribution in [0.15, 0.2) is 0 Å². The summed E-state index contributed by atoms with van der Waals surface area (Å²) in [6.07, 6.45) is -4.32. The van der Waals surface area contributed by atoms with Gasteiger partial charge in [-0.05, 0) is 13.8 Å². The van der Waals surface area contributed by atoms with Gasteiger partial charge in [-0.25, -0.2) is 0 Å². The number of hydrogen-bond acceptors (Lipinski definition) is 3. The van der Waals surface area contributed by atoms with E-state index in [2.05, 4.69) is 5.32 Å². The summed E-state index contributed by atoms with van der Waals surface area (Å²) in [5.41, 5.74) is -1.07. The molecule has 0 saturated heterocycles. The zero-order valence-corrected chi connectivity index (χ0v) is 8.61. The van der Waals surface area contributed by atoms with Crippen LogP contribution in [-0.4, -0.2) is 42.4 Å². The molecule has 0 radical (unpaired) electrons. The molecular formula is C8H15F3N2O2. The Bertz CT molecular complexity index is 211. The maximum Gasteiger partial charge on any atom is 0.401 e. The number of carbonyl (C=O) groups excluding carboxylic acids is 1. The standard InChI is InChI=1S/C8H15F3N2O2/c1-7(2,15)4-13-6(14)3-12-5-8(9,10)11/h12,15H,3-5H2,1-2H3,(H,13,14). The van der Waals surface area contributed by atoms with Crippen molar-refractivity contribution in [1.29, 1.82) is 0 Å². The van der Waals surface area contributed by atoms with E-state index in [0.717, 1.165) is 0 Å². The molecule has 0 heterocycles. The van der Waals surface area contributed by atoms with Crippen LogP contribution in [0.3, 0.4) is 0 Å². The van der Waals surface area contributed by atoms with Crippen molar-refractivity contribution in [3.63, 3.8) is 0 Å². The summed E-state index contributed by atoms with van der Waals surface area (Å²) >= 11 is 0. The highest BCUT2D eigenvalue weighted by atomic mass is 19.4. The number of aliphatic hydroxyl groups is 1.